The molecule has 2 aromatic carbocycles. The van der Waals surface area contributed by atoms with Crippen molar-refractivity contribution < 1.29 is 18.3 Å². The highest BCUT2D eigenvalue weighted by atomic mass is 32.2. The standard InChI is InChI=1S/C17H19NO4S/c1-10-11(2)15(13(4)16(12(10)3)23(20)21)18-17(19)22-14-8-6-5-7-9-14/h5-9H,1-4H3,(H,18,19)(H,20,21). The lowest BCUT2D eigenvalue weighted by atomic mass is 9.98. The summed E-state index contributed by atoms with van der Waals surface area (Å²) in [6.07, 6.45) is -0.639. The van der Waals surface area contributed by atoms with E-state index in [-0.39, 0.29) is 0 Å². The maximum Gasteiger partial charge on any atom is 0.417 e. The van der Waals surface area contributed by atoms with E-state index in [1.165, 1.54) is 0 Å². The van der Waals surface area contributed by atoms with Gasteiger partial charge in [-0.15, -0.1) is 0 Å². The zero-order valence-electron chi connectivity index (χ0n) is 13.5. The molecule has 2 rings (SSSR count). The molecule has 0 saturated heterocycles. The molecule has 0 heterocycles. The summed E-state index contributed by atoms with van der Waals surface area (Å²) < 4.78 is 26.3. The number of carbonyl (C=O) groups excluding carboxylic acids is 1. The van der Waals surface area contributed by atoms with Crippen LogP contribution in [0, 0.1) is 27.7 Å². The Morgan fingerprint density at radius 2 is 1.61 bits per heavy atom. The van der Waals surface area contributed by atoms with Gasteiger partial charge in [-0.25, -0.2) is 9.00 Å². The Hall–Kier alpha value is -2.18. The molecular weight excluding hydrogens is 314 g/mol. The summed E-state index contributed by atoms with van der Waals surface area (Å²) in [4.78, 5) is 12.4. The third kappa shape index (κ3) is 3.60. The van der Waals surface area contributed by atoms with Crippen molar-refractivity contribution in [1.82, 2.24) is 0 Å². The Morgan fingerprint density at radius 3 is 2.17 bits per heavy atom. The van der Waals surface area contributed by atoms with Gasteiger partial charge in [-0.3, -0.25) is 5.32 Å². The van der Waals surface area contributed by atoms with Crippen molar-refractivity contribution in [3.05, 3.63) is 52.6 Å². The number of para-hydroxylation sites is 1. The van der Waals surface area contributed by atoms with E-state index >= 15 is 0 Å². The summed E-state index contributed by atoms with van der Waals surface area (Å²) in [5, 5.41) is 2.68. The van der Waals surface area contributed by atoms with Gasteiger partial charge in [-0.2, -0.15) is 0 Å². The van der Waals surface area contributed by atoms with Gasteiger partial charge in [-0.05, 0) is 62.1 Å². The van der Waals surface area contributed by atoms with E-state index < -0.39 is 17.2 Å². The second-order valence-corrected chi connectivity index (χ2v) is 6.19. The summed E-state index contributed by atoms with van der Waals surface area (Å²) >= 11 is -2.13. The van der Waals surface area contributed by atoms with Gasteiger partial charge in [0.05, 0.1) is 10.6 Å². The van der Waals surface area contributed by atoms with E-state index in [0.29, 0.717) is 21.9 Å². The van der Waals surface area contributed by atoms with Crippen molar-refractivity contribution in [1.29, 1.82) is 0 Å². The molecule has 0 aromatic heterocycles. The van der Waals surface area contributed by atoms with Crippen LogP contribution in [0.1, 0.15) is 22.3 Å². The van der Waals surface area contributed by atoms with Crippen molar-refractivity contribution in [3.63, 3.8) is 0 Å². The molecular formula is C17H19NO4S. The first-order valence-electron chi connectivity index (χ1n) is 7.08. The fourth-order valence-corrected chi connectivity index (χ4v) is 3.27. The van der Waals surface area contributed by atoms with Gasteiger partial charge in [0, 0.05) is 0 Å². The molecule has 0 fully saturated rings. The average Bonchev–Trinajstić information content (AvgIpc) is 2.50. The Kier molecular flexibility index (Phi) is 5.18. The van der Waals surface area contributed by atoms with Crippen LogP contribution in [0.25, 0.3) is 0 Å². The molecule has 1 atom stereocenters. The number of rotatable bonds is 3. The lowest BCUT2D eigenvalue weighted by Gasteiger charge is -2.19. The molecule has 0 aliphatic heterocycles. The van der Waals surface area contributed by atoms with E-state index in [9.17, 15) is 13.6 Å². The summed E-state index contributed by atoms with van der Waals surface area (Å²) in [6.45, 7) is 7.22. The molecule has 0 aliphatic rings. The minimum absolute atomic E-state index is 0.322. The fraction of sp³-hybridized carbons (Fsp3) is 0.235. The third-order valence-corrected chi connectivity index (χ3v) is 4.87. The number of nitrogens with one attached hydrogen (secondary N) is 1. The van der Waals surface area contributed by atoms with Gasteiger partial charge < -0.3 is 9.29 Å². The first-order chi connectivity index (χ1) is 10.8. The highest BCUT2D eigenvalue weighted by molar-refractivity contribution is 7.79. The summed E-state index contributed by atoms with van der Waals surface area (Å²) in [5.74, 6) is 0.426. The number of benzene rings is 2. The Morgan fingerprint density at radius 1 is 1.00 bits per heavy atom. The normalized spacial score (nSPS) is 11.9. The van der Waals surface area contributed by atoms with E-state index in [4.69, 9.17) is 4.74 Å². The first-order valence-corrected chi connectivity index (χ1v) is 8.18. The molecule has 0 bridgehead atoms. The van der Waals surface area contributed by atoms with E-state index in [2.05, 4.69) is 5.32 Å². The van der Waals surface area contributed by atoms with Gasteiger partial charge >= 0.3 is 6.09 Å². The molecule has 0 radical (unpaired) electrons. The van der Waals surface area contributed by atoms with Crippen LogP contribution < -0.4 is 10.1 Å². The maximum atomic E-state index is 12.1. The molecule has 0 saturated carbocycles. The van der Waals surface area contributed by atoms with Crippen LogP contribution in [0.2, 0.25) is 0 Å². The van der Waals surface area contributed by atoms with Crippen molar-refractivity contribution in [2.75, 3.05) is 5.32 Å². The SMILES string of the molecule is Cc1c(C)c(NC(=O)Oc2ccccc2)c(C)c(S(=O)O)c1C. The zero-order valence-corrected chi connectivity index (χ0v) is 14.3. The molecule has 23 heavy (non-hydrogen) atoms. The molecule has 2 aromatic rings. The van der Waals surface area contributed by atoms with Crippen molar-refractivity contribution in [3.8, 4) is 5.75 Å². The summed E-state index contributed by atoms with van der Waals surface area (Å²) in [6, 6.07) is 8.71. The van der Waals surface area contributed by atoms with Gasteiger partial charge in [0.1, 0.15) is 5.75 Å². The molecule has 1 unspecified atom stereocenters. The summed E-state index contributed by atoms with van der Waals surface area (Å²) in [5.41, 5.74) is 3.54. The number of anilines is 1. The van der Waals surface area contributed by atoms with E-state index in [1.54, 1.807) is 38.1 Å². The van der Waals surface area contributed by atoms with Gasteiger partial charge in [0.15, 0.2) is 11.1 Å². The van der Waals surface area contributed by atoms with Crippen LogP contribution in [0.15, 0.2) is 35.2 Å². The van der Waals surface area contributed by atoms with Crippen molar-refractivity contribution >= 4 is 22.9 Å². The second-order valence-electron chi connectivity index (χ2n) is 5.28. The minimum Gasteiger partial charge on any atom is -0.410 e. The van der Waals surface area contributed by atoms with Gasteiger partial charge in [-0.1, -0.05) is 18.2 Å². The Labute approximate surface area is 138 Å². The zero-order chi connectivity index (χ0) is 17.1. The second kappa shape index (κ2) is 6.93. The number of ether oxygens (including phenoxy) is 1. The summed E-state index contributed by atoms with van der Waals surface area (Å²) in [7, 11) is 0. The fourth-order valence-electron chi connectivity index (χ4n) is 2.49. The van der Waals surface area contributed by atoms with Crippen LogP contribution in [-0.4, -0.2) is 14.9 Å². The maximum absolute atomic E-state index is 12.1. The molecule has 122 valence electrons. The third-order valence-electron chi connectivity index (χ3n) is 3.91. The molecule has 1 amide bonds. The number of amides is 1. The Balaban J connectivity index is 2.36. The predicted octanol–water partition coefficient (Wildman–Crippen LogP) is 4.11. The van der Waals surface area contributed by atoms with Crippen LogP contribution in [0.5, 0.6) is 5.75 Å². The van der Waals surface area contributed by atoms with Crippen molar-refractivity contribution in [2.45, 2.75) is 32.6 Å². The average molecular weight is 333 g/mol. The van der Waals surface area contributed by atoms with Crippen LogP contribution in [0.4, 0.5) is 10.5 Å². The Bertz CT molecular complexity index is 772. The van der Waals surface area contributed by atoms with Gasteiger partial charge in [0.2, 0.25) is 0 Å². The topological polar surface area (TPSA) is 75.6 Å². The lowest BCUT2D eigenvalue weighted by molar-refractivity contribution is 0.215. The van der Waals surface area contributed by atoms with E-state index in [1.807, 2.05) is 19.9 Å². The quantitative estimate of drug-likeness (QED) is 0.829. The monoisotopic (exact) mass is 333 g/mol. The molecule has 2 N–H and O–H groups in total. The molecule has 0 aliphatic carbocycles. The molecule has 0 spiro atoms. The predicted molar refractivity (Wildman–Crippen MR) is 90.5 cm³/mol. The van der Waals surface area contributed by atoms with Crippen LogP contribution >= 0.6 is 0 Å². The van der Waals surface area contributed by atoms with Crippen LogP contribution in [-0.2, 0) is 11.1 Å². The van der Waals surface area contributed by atoms with E-state index in [0.717, 1.165) is 16.7 Å². The molecule has 5 nitrogen and oxygen atoms in total. The minimum atomic E-state index is -2.13. The first kappa shape index (κ1) is 17.2. The smallest absolute Gasteiger partial charge is 0.410 e. The lowest BCUT2D eigenvalue weighted by Crippen LogP contribution is -2.19. The largest absolute Gasteiger partial charge is 0.417 e. The van der Waals surface area contributed by atoms with Gasteiger partial charge in [0.25, 0.3) is 0 Å². The highest BCUT2D eigenvalue weighted by Gasteiger charge is 2.20. The molecule has 6 heteroatoms. The number of hydrogen-bond donors (Lipinski definition) is 2. The van der Waals surface area contributed by atoms with Crippen molar-refractivity contribution in [2.24, 2.45) is 0 Å². The van der Waals surface area contributed by atoms with Crippen LogP contribution in [0.3, 0.4) is 0 Å². The number of carbonyl (C=O) groups is 1. The highest BCUT2D eigenvalue weighted by Crippen LogP contribution is 2.32. The number of hydrogen-bond acceptors (Lipinski definition) is 3.